The van der Waals surface area contributed by atoms with Crippen LogP contribution in [0.2, 0.25) is 0 Å². The van der Waals surface area contributed by atoms with Crippen molar-refractivity contribution in [2.24, 2.45) is 0 Å². The van der Waals surface area contributed by atoms with Crippen molar-refractivity contribution in [1.29, 1.82) is 0 Å². The molecule has 3 aromatic carbocycles. The topological polar surface area (TPSA) is 80.2 Å². The van der Waals surface area contributed by atoms with E-state index in [4.69, 9.17) is 9.54 Å². The van der Waals surface area contributed by atoms with Crippen LogP contribution in [0, 0.1) is 6.07 Å². The first-order chi connectivity index (χ1) is 16.5. The standard InChI is InChI=1S/C23H14N.C5H5NO3S.Ir/c1-2-6-16(7-3-1)18-9-4-10-19(14-18)22-15-20-13-12-17-8-5-11-21(24-22)23(17)20;7-10(8,9)5-3-1-2-4-6-5;/h1-9,11-15H;1-4H,(H,7,8,9);/q-1;;. The second-order valence-corrected chi connectivity index (χ2v) is 9.04. The summed E-state index contributed by atoms with van der Waals surface area (Å²) in [5.41, 5.74) is 7.93. The van der Waals surface area contributed by atoms with Crippen LogP contribution in [0.1, 0.15) is 11.1 Å². The molecule has 0 amide bonds. The Labute approximate surface area is 217 Å². The molecule has 0 spiro atoms. The van der Waals surface area contributed by atoms with E-state index in [9.17, 15) is 8.42 Å². The Balaban J connectivity index is 0.000000224. The van der Waals surface area contributed by atoms with Gasteiger partial charge in [0.05, 0.1) is 5.52 Å². The Morgan fingerprint density at radius 1 is 0.771 bits per heavy atom. The van der Waals surface area contributed by atoms with E-state index in [-0.39, 0.29) is 25.1 Å². The monoisotopic (exact) mass is 656 g/mol. The molecule has 5 nitrogen and oxygen atoms in total. The molecule has 1 aliphatic carbocycles. The molecule has 0 unspecified atom stereocenters. The van der Waals surface area contributed by atoms with Gasteiger partial charge in [0.1, 0.15) is 0 Å². The molecule has 7 heteroatoms. The molecule has 0 saturated heterocycles. The van der Waals surface area contributed by atoms with Crippen LogP contribution in [0.5, 0.6) is 0 Å². The van der Waals surface area contributed by atoms with Gasteiger partial charge in [0.25, 0.3) is 0 Å². The summed E-state index contributed by atoms with van der Waals surface area (Å²) in [5, 5.41) is 0.926. The molecule has 2 aromatic heterocycles. The van der Waals surface area contributed by atoms with Crippen molar-refractivity contribution in [3.63, 3.8) is 0 Å². The SMILES string of the molecule is O=S(=O)(O)c1ccccn1.[Ir].[c-]1ccc(-c2ccccc2)cc1-c1cc2c3c(cccc3n1)C=C2. The molecule has 1 N–H and O–H groups in total. The average molecular weight is 656 g/mol. The Morgan fingerprint density at radius 3 is 2.26 bits per heavy atom. The first kappa shape index (κ1) is 24.6. The van der Waals surface area contributed by atoms with E-state index < -0.39 is 10.1 Å². The van der Waals surface area contributed by atoms with Crippen molar-refractivity contribution < 1.29 is 33.1 Å². The second-order valence-electron chi connectivity index (χ2n) is 7.67. The molecule has 6 rings (SSSR count). The van der Waals surface area contributed by atoms with Crippen LogP contribution < -0.4 is 0 Å². The van der Waals surface area contributed by atoms with Crippen molar-refractivity contribution in [3.05, 3.63) is 114 Å². The van der Waals surface area contributed by atoms with Gasteiger partial charge in [0, 0.05) is 31.7 Å². The van der Waals surface area contributed by atoms with E-state index in [1.165, 1.54) is 46.0 Å². The number of benzene rings is 3. The summed E-state index contributed by atoms with van der Waals surface area (Å²) in [5.74, 6) is 0. The first-order valence-electron chi connectivity index (χ1n) is 10.6. The molecule has 2 heterocycles. The van der Waals surface area contributed by atoms with Gasteiger partial charge in [-0.05, 0) is 40.6 Å². The van der Waals surface area contributed by atoms with Gasteiger partial charge in [-0.3, -0.25) is 9.54 Å². The zero-order valence-corrected chi connectivity index (χ0v) is 21.5. The normalized spacial score (nSPS) is 11.5. The molecule has 1 aliphatic rings. The Bertz CT molecular complexity index is 1620. The summed E-state index contributed by atoms with van der Waals surface area (Å²) >= 11 is 0. The molecular formula is C28H19IrN2O3S-. The maximum absolute atomic E-state index is 10.3. The minimum absolute atomic E-state index is 0. The van der Waals surface area contributed by atoms with Gasteiger partial charge in [-0.15, -0.1) is 35.4 Å². The van der Waals surface area contributed by atoms with E-state index in [2.05, 4.69) is 83.9 Å². The van der Waals surface area contributed by atoms with Gasteiger partial charge >= 0.3 is 10.1 Å². The van der Waals surface area contributed by atoms with Crippen LogP contribution in [0.25, 0.3) is 45.4 Å². The average Bonchev–Trinajstić information content (AvgIpc) is 3.30. The number of pyridine rings is 2. The molecule has 5 aromatic rings. The number of hydrogen-bond donors (Lipinski definition) is 1. The van der Waals surface area contributed by atoms with Crippen LogP contribution >= 0.6 is 0 Å². The molecule has 1 radical (unpaired) electrons. The third-order valence-corrected chi connectivity index (χ3v) is 6.20. The summed E-state index contributed by atoms with van der Waals surface area (Å²) in [7, 11) is -4.11. The van der Waals surface area contributed by atoms with Crippen LogP contribution in [-0.4, -0.2) is 22.9 Å². The van der Waals surface area contributed by atoms with Gasteiger partial charge in [-0.1, -0.05) is 66.7 Å². The summed E-state index contributed by atoms with van der Waals surface area (Å²) in [6, 6.07) is 32.7. The predicted molar refractivity (Wildman–Crippen MR) is 134 cm³/mol. The second kappa shape index (κ2) is 10.4. The Morgan fingerprint density at radius 2 is 1.54 bits per heavy atom. The molecule has 35 heavy (non-hydrogen) atoms. The zero-order valence-electron chi connectivity index (χ0n) is 18.3. The fourth-order valence-electron chi connectivity index (χ4n) is 3.86. The van der Waals surface area contributed by atoms with Gasteiger partial charge in [-0.25, -0.2) is 4.98 Å². The van der Waals surface area contributed by atoms with Gasteiger partial charge < -0.3 is 0 Å². The molecular weight excluding hydrogens is 637 g/mol. The molecule has 175 valence electrons. The Kier molecular flexibility index (Phi) is 7.34. The Hall–Kier alpha value is -3.48. The van der Waals surface area contributed by atoms with Crippen LogP contribution in [-0.2, 0) is 30.2 Å². The molecule has 0 atom stereocenters. The summed E-state index contributed by atoms with van der Waals surface area (Å²) in [4.78, 5) is 8.28. The third kappa shape index (κ3) is 5.45. The summed E-state index contributed by atoms with van der Waals surface area (Å²) < 4.78 is 29.1. The minimum Gasteiger partial charge on any atom is -0.296 e. The van der Waals surface area contributed by atoms with Crippen molar-refractivity contribution in [1.82, 2.24) is 9.97 Å². The van der Waals surface area contributed by atoms with Crippen molar-refractivity contribution in [2.75, 3.05) is 0 Å². The molecule has 0 aliphatic heterocycles. The van der Waals surface area contributed by atoms with E-state index in [0.717, 1.165) is 16.8 Å². The van der Waals surface area contributed by atoms with E-state index >= 15 is 0 Å². The molecule has 0 bridgehead atoms. The smallest absolute Gasteiger partial charge is 0.296 e. The van der Waals surface area contributed by atoms with Crippen LogP contribution in [0.4, 0.5) is 0 Å². The van der Waals surface area contributed by atoms with Crippen molar-refractivity contribution in [2.45, 2.75) is 5.03 Å². The predicted octanol–water partition coefficient (Wildman–Crippen LogP) is 6.18. The van der Waals surface area contributed by atoms with Gasteiger partial charge in [0.15, 0.2) is 5.03 Å². The first-order valence-corrected chi connectivity index (χ1v) is 12.0. The summed E-state index contributed by atoms with van der Waals surface area (Å²) in [6.45, 7) is 0. The van der Waals surface area contributed by atoms with E-state index in [1.54, 1.807) is 6.07 Å². The number of aromatic nitrogens is 2. The molecule has 0 saturated carbocycles. The van der Waals surface area contributed by atoms with Crippen LogP contribution in [0.3, 0.4) is 0 Å². The van der Waals surface area contributed by atoms with Crippen molar-refractivity contribution in [3.8, 4) is 22.4 Å². The summed E-state index contributed by atoms with van der Waals surface area (Å²) in [6.07, 6.45) is 5.63. The minimum atomic E-state index is -4.11. The fraction of sp³-hybridized carbons (Fsp3) is 0. The largest absolute Gasteiger partial charge is 0.312 e. The van der Waals surface area contributed by atoms with Crippen LogP contribution in [0.15, 0.2) is 102 Å². The quantitative estimate of drug-likeness (QED) is 0.182. The molecule has 0 fully saturated rings. The zero-order chi connectivity index (χ0) is 23.5. The van der Waals surface area contributed by atoms with Gasteiger partial charge in [-0.2, -0.15) is 8.42 Å². The van der Waals surface area contributed by atoms with Crippen molar-refractivity contribution >= 4 is 33.2 Å². The maximum Gasteiger partial charge on any atom is 0.312 e. The number of rotatable bonds is 3. The third-order valence-electron chi connectivity index (χ3n) is 5.43. The maximum atomic E-state index is 10.3. The van der Waals surface area contributed by atoms with E-state index in [1.807, 2.05) is 12.1 Å². The number of hydrogen-bond acceptors (Lipinski definition) is 4. The number of nitrogens with zero attached hydrogens (tertiary/aromatic N) is 2. The fourth-order valence-corrected chi connectivity index (χ4v) is 4.30. The van der Waals surface area contributed by atoms with E-state index in [0.29, 0.717) is 0 Å². The van der Waals surface area contributed by atoms with Gasteiger partial charge in [0.2, 0.25) is 0 Å².